The molecule has 0 unspecified atom stereocenters. The molecular weight excluding hydrogens is 309 g/mol. The molecule has 0 aliphatic carbocycles. The number of alkyl halides is 3. The van der Waals surface area contributed by atoms with Crippen LogP contribution in [0.4, 0.5) is 24.7 Å². The Labute approximate surface area is 122 Å². The molecule has 2 aromatic rings. The summed E-state index contributed by atoms with van der Waals surface area (Å²) in [5, 5.41) is 5.72. The van der Waals surface area contributed by atoms with E-state index in [1.165, 1.54) is 23.0 Å². The highest BCUT2D eigenvalue weighted by atomic mass is 35.5. The average molecular weight is 319 g/mol. The highest BCUT2D eigenvalue weighted by Crippen LogP contribution is 2.38. The second kappa shape index (κ2) is 5.65. The molecule has 21 heavy (non-hydrogen) atoms. The summed E-state index contributed by atoms with van der Waals surface area (Å²) in [6.07, 6.45) is -3.18. The Morgan fingerprint density at radius 3 is 2.67 bits per heavy atom. The molecule has 0 saturated carbocycles. The molecule has 0 spiro atoms. The monoisotopic (exact) mass is 318 g/mol. The predicted molar refractivity (Wildman–Crippen MR) is 71.7 cm³/mol. The molecule has 0 aliphatic heterocycles. The van der Waals surface area contributed by atoms with Crippen LogP contribution in [-0.4, -0.2) is 15.7 Å². The number of benzene rings is 1. The molecule has 1 heterocycles. The largest absolute Gasteiger partial charge is 0.418 e. The molecule has 0 bridgehead atoms. The van der Waals surface area contributed by atoms with E-state index in [-0.39, 0.29) is 17.4 Å². The number of halogens is 4. The van der Waals surface area contributed by atoms with Crippen LogP contribution in [0.5, 0.6) is 0 Å². The maximum atomic E-state index is 12.9. The van der Waals surface area contributed by atoms with Crippen LogP contribution in [0.3, 0.4) is 0 Å². The van der Waals surface area contributed by atoms with Crippen LogP contribution in [0.15, 0.2) is 30.5 Å². The number of amides is 1. The van der Waals surface area contributed by atoms with Crippen molar-refractivity contribution in [2.45, 2.75) is 12.7 Å². The lowest BCUT2D eigenvalue weighted by atomic mass is 10.1. The lowest BCUT2D eigenvalue weighted by molar-refractivity contribution is -0.137. The van der Waals surface area contributed by atoms with Crippen molar-refractivity contribution in [3.8, 4) is 0 Å². The smallest absolute Gasteiger partial charge is 0.382 e. The molecule has 3 N–H and O–H groups in total. The summed E-state index contributed by atoms with van der Waals surface area (Å²) in [6.45, 7) is -0.278. The van der Waals surface area contributed by atoms with Gasteiger partial charge in [0.05, 0.1) is 16.3 Å². The summed E-state index contributed by atoms with van der Waals surface area (Å²) >= 11 is 5.73. The van der Waals surface area contributed by atoms with E-state index in [4.69, 9.17) is 17.3 Å². The summed E-state index contributed by atoms with van der Waals surface area (Å²) in [7, 11) is 0. The van der Waals surface area contributed by atoms with E-state index in [2.05, 4.69) is 10.4 Å². The first-order valence-corrected chi connectivity index (χ1v) is 6.09. The van der Waals surface area contributed by atoms with Crippen LogP contribution in [-0.2, 0) is 17.5 Å². The van der Waals surface area contributed by atoms with E-state index in [0.29, 0.717) is 0 Å². The summed E-state index contributed by atoms with van der Waals surface area (Å²) < 4.78 is 39.8. The molecule has 9 heteroatoms. The Balaban J connectivity index is 2.21. The topological polar surface area (TPSA) is 72.9 Å². The first-order chi connectivity index (χ1) is 9.77. The number of rotatable bonds is 3. The number of aromatic nitrogens is 2. The number of carbonyl (C=O) groups is 1. The van der Waals surface area contributed by atoms with Crippen molar-refractivity contribution in [2.75, 3.05) is 11.1 Å². The molecule has 0 radical (unpaired) electrons. The van der Waals surface area contributed by atoms with Gasteiger partial charge >= 0.3 is 6.18 Å². The van der Waals surface area contributed by atoms with Gasteiger partial charge in [0.2, 0.25) is 5.91 Å². The first kappa shape index (κ1) is 15.2. The third-order valence-corrected chi connectivity index (χ3v) is 2.87. The van der Waals surface area contributed by atoms with Gasteiger partial charge in [-0.1, -0.05) is 17.7 Å². The van der Waals surface area contributed by atoms with Crippen molar-refractivity contribution in [1.29, 1.82) is 0 Å². The predicted octanol–water partition coefficient (Wildman–Crippen LogP) is 2.78. The van der Waals surface area contributed by atoms with Crippen molar-refractivity contribution < 1.29 is 18.0 Å². The number of nitrogens with one attached hydrogen (secondary N) is 1. The second-order valence-corrected chi connectivity index (χ2v) is 4.55. The average Bonchev–Trinajstić information content (AvgIpc) is 2.75. The Bertz CT molecular complexity index is 669. The van der Waals surface area contributed by atoms with Crippen molar-refractivity contribution >= 4 is 29.0 Å². The molecule has 1 aromatic carbocycles. The maximum absolute atomic E-state index is 12.9. The van der Waals surface area contributed by atoms with Gasteiger partial charge in [-0.3, -0.25) is 9.48 Å². The van der Waals surface area contributed by atoms with E-state index >= 15 is 0 Å². The minimum atomic E-state index is -4.62. The molecule has 0 aliphatic rings. The van der Waals surface area contributed by atoms with Gasteiger partial charge < -0.3 is 11.1 Å². The minimum absolute atomic E-state index is 0.196. The highest BCUT2D eigenvalue weighted by Gasteiger charge is 2.34. The summed E-state index contributed by atoms with van der Waals surface area (Å²) in [4.78, 5) is 11.8. The van der Waals surface area contributed by atoms with E-state index in [0.717, 1.165) is 12.1 Å². The van der Waals surface area contributed by atoms with E-state index in [9.17, 15) is 18.0 Å². The molecule has 1 amide bonds. The second-order valence-electron chi connectivity index (χ2n) is 4.15. The van der Waals surface area contributed by atoms with E-state index in [1.54, 1.807) is 0 Å². The summed E-state index contributed by atoms with van der Waals surface area (Å²) in [5.41, 5.74) is 3.89. The zero-order valence-electron chi connectivity index (χ0n) is 10.5. The zero-order chi connectivity index (χ0) is 15.6. The van der Waals surface area contributed by atoms with Crippen molar-refractivity contribution in [2.24, 2.45) is 0 Å². The number of hydrogen-bond acceptors (Lipinski definition) is 3. The first-order valence-electron chi connectivity index (χ1n) is 5.72. The fraction of sp³-hybridized carbons (Fsp3) is 0.167. The fourth-order valence-electron chi connectivity index (χ4n) is 1.68. The Morgan fingerprint density at radius 1 is 1.38 bits per heavy atom. The molecule has 0 fully saturated rings. The quantitative estimate of drug-likeness (QED) is 0.914. The summed E-state index contributed by atoms with van der Waals surface area (Å²) in [6, 6.07) is 4.73. The number of hydrogen-bond donors (Lipinski definition) is 2. The lowest BCUT2D eigenvalue weighted by Crippen LogP contribution is -2.21. The maximum Gasteiger partial charge on any atom is 0.418 e. The molecule has 0 saturated heterocycles. The third kappa shape index (κ3) is 3.66. The van der Waals surface area contributed by atoms with Crippen LogP contribution in [0.2, 0.25) is 5.02 Å². The van der Waals surface area contributed by atoms with E-state index < -0.39 is 23.3 Å². The van der Waals surface area contributed by atoms with Gasteiger partial charge in [-0.25, -0.2) is 0 Å². The van der Waals surface area contributed by atoms with Crippen LogP contribution < -0.4 is 11.1 Å². The molecule has 2 rings (SSSR count). The van der Waals surface area contributed by atoms with Gasteiger partial charge in [0.1, 0.15) is 12.4 Å². The van der Waals surface area contributed by atoms with Gasteiger partial charge in [-0.2, -0.15) is 18.3 Å². The van der Waals surface area contributed by atoms with Crippen LogP contribution in [0.25, 0.3) is 0 Å². The van der Waals surface area contributed by atoms with Crippen molar-refractivity contribution in [1.82, 2.24) is 9.78 Å². The number of carbonyl (C=O) groups excluding carboxylic acids is 1. The Morgan fingerprint density at radius 2 is 2.10 bits per heavy atom. The molecule has 0 atom stereocenters. The lowest BCUT2D eigenvalue weighted by Gasteiger charge is -2.15. The standard InChI is InChI=1S/C12H10ClF3N4O/c13-8-3-1-2-7(12(14,15)16)11(8)18-10(21)6-20-5-4-9(17)19-20/h1-5H,6H2,(H2,17,19)(H,18,21). The molecule has 1 aromatic heterocycles. The molecular formula is C12H10ClF3N4O. The molecule has 5 nitrogen and oxygen atoms in total. The summed E-state index contributed by atoms with van der Waals surface area (Å²) in [5.74, 6) is -0.492. The van der Waals surface area contributed by atoms with Crippen molar-refractivity contribution in [3.63, 3.8) is 0 Å². The van der Waals surface area contributed by atoms with Gasteiger partial charge in [0.25, 0.3) is 0 Å². The number of nitrogens with zero attached hydrogens (tertiary/aromatic N) is 2. The normalized spacial score (nSPS) is 11.4. The van der Waals surface area contributed by atoms with Gasteiger partial charge in [-0.05, 0) is 18.2 Å². The van der Waals surface area contributed by atoms with Gasteiger partial charge in [-0.15, -0.1) is 0 Å². The number of para-hydroxylation sites is 1. The molecule has 112 valence electrons. The minimum Gasteiger partial charge on any atom is -0.382 e. The van der Waals surface area contributed by atoms with Crippen LogP contribution in [0.1, 0.15) is 5.56 Å². The SMILES string of the molecule is Nc1ccn(CC(=O)Nc2c(Cl)cccc2C(F)(F)F)n1. The Hall–Kier alpha value is -2.22. The third-order valence-electron chi connectivity index (χ3n) is 2.55. The number of nitrogens with two attached hydrogens (primary N) is 1. The van der Waals surface area contributed by atoms with Gasteiger partial charge in [0.15, 0.2) is 0 Å². The zero-order valence-corrected chi connectivity index (χ0v) is 11.2. The Kier molecular flexibility index (Phi) is 4.08. The van der Waals surface area contributed by atoms with Crippen LogP contribution in [0, 0.1) is 0 Å². The number of nitrogen functional groups attached to an aromatic ring is 1. The van der Waals surface area contributed by atoms with E-state index in [1.807, 2.05) is 0 Å². The number of anilines is 2. The fourth-order valence-corrected chi connectivity index (χ4v) is 1.90. The van der Waals surface area contributed by atoms with Crippen LogP contribution >= 0.6 is 11.6 Å². The van der Waals surface area contributed by atoms with Gasteiger partial charge in [0, 0.05) is 6.20 Å². The highest BCUT2D eigenvalue weighted by molar-refractivity contribution is 6.34. The van der Waals surface area contributed by atoms with Crippen molar-refractivity contribution in [3.05, 3.63) is 41.0 Å².